The SMILES string of the molecule is CCN(CCO)S(=O)(=O)c1ccc(/C(=N\O[C@@H]2CC[C@@H](O)C2)C(=O)Nc2ncc(F)s2)cc1. The Hall–Kier alpha value is -2.45. The summed E-state index contributed by atoms with van der Waals surface area (Å²) < 4.78 is 39.9. The Kier molecular flexibility index (Phi) is 8.48. The smallest absolute Gasteiger partial charge is 0.280 e. The molecule has 0 unspecified atom stereocenters. The zero-order valence-electron chi connectivity index (χ0n) is 17.8. The van der Waals surface area contributed by atoms with Crippen LogP contribution in [0.1, 0.15) is 31.7 Å². The number of carbonyl (C=O) groups excluding carboxylic acids is 1. The summed E-state index contributed by atoms with van der Waals surface area (Å²) in [5.41, 5.74) is 0.117. The van der Waals surface area contributed by atoms with Crippen molar-refractivity contribution in [2.45, 2.75) is 43.3 Å². The van der Waals surface area contributed by atoms with E-state index in [0.717, 1.165) is 10.5 Å². The van der Waals surface area contributed by atoms with Gasteiger partial charge in [0.05, 0.1) is 23.8 Å². The molecule has 2 aromatic rings. The first-order valence-electron chi connectivity index (χ1n) is 10.3. The number of carbonyl (C=O) groups is 1. The highest BCUT2D eigenvalue weighted by Crippen LogP contribution is 2.23. The van der Waals surface area contributed by atoms with E-state index in [0.29, 0.717) is 30.6 Å². The van der Waals surface area contributed by atoms with E-state index in [4.69, 9.17) is 9.94 Å². The zero-order chi connectivity index (χ0) is 24.0. The summed E-state index contributed by atoms with van der Waals surface area (Å²) in [5.74, 6) is -0.714. The number of nitrogens with zero attached hydrogens (tertiary/aromatic N) is 3. The van der Waals surface area contributed by atoms with Gasteiger partial charge in [0.25, 0.3) is 5.91 Å². The third kappa shape index (κ3) is 6.32. The normalized spacial score (nSPS) is 19.1. The predicted molar refractivity (Wildman–Crippen MR) is 120 cm³/mol. The summed E-state index contributed by atoms with van der Waals surface area (Å²) >= 11 is 0.645. The average molecular weight is 501 g/mol. The molecule has 33 heavy (non-hydrogen) atoms. The Balaban J connectivity index is 1.86. The molecule has 1 aromatic heterocycles. The first kappa shape index (κ1) is 25.2. The lowest BCUT2D eigenvalue weighted by atomic mass is 10.1. The molecule has 0 aliphatic heterocycles. The van der Waals surface area contributed by atoms with E-state index in [2.05, 4.69) is 15.5 Å². The second-order valence-corrected chi connectivity index (χ2v) is 10.2. The van der Waals surface area contributed by atoms with Gasteiger partial charge in [-0.25, -0.2) is 13.4 Å². The van der Waals surface area contributed by atoms with Gasteiger partial charge in [-0.15, -0.1) is 0 Å². The highest BCUT2D eigenvalue weighted by atomic mass is 32.2. The van der Waals surface area contributed by atoms with Crippen LogP contribution in [0.5, 0.6) is 0 Å². The van der Waals surface area contributed by atoms with Crippen LogP contribution in [0, 0.1) is 5.13 Å². The number of sulfonamides is 1. The maximum atomic E-state index is 13.2. The van der Waals surface area contributed by atoms with Gasteiger partial charge in [-0.2, -0.15) is 8.70 Å². The molecule has 0 saturated heterocycles. The fourth-order valence-electron chi connectivity index (χ4n) is 3.33. The van der Waals surface area contributed by atoms with Crippen molar-refractivity contribution in [1.82, 2.24) is 9.29 Å². The van der Waals surface area contributed by atoms with Crippen molar-refractivity contribution < 1.29 is 32.7 Å². The quantitative estimate of drug-likeness (QED) is 0.332. The van der Waals surface area contributed by atoms with Gasteiger partial charge in [-0.05, 0) is 25.0 Å². The number of aromatic nitrogens is 1. The number of benzene rings is 1. The van der Waals surface area contributed by atoms with Gasteiger partial charge in [0.2, 0.25) is 10.0 Å². The average Bonchev–Trinajstić information content (AvgIpc) is 3.39. The predicted octanol–water partition coefficient (Wildman–Crippen LogP) is 1.56. The number of rotatable bonds is 10. The van der Waals surface area contributed by atoms with E-state index < -0.39 is 27.2 Å². The Morgan fingerprint density at radius 2 is 2.09 bits per heavy atom. The van der Waals surface area contributed by atoms with Gasteiger partial charge in [0.15, 0.2) is 16.0 Å². The molecule has 3 N–H and O–H groups in total. The van der Waals surface area contributed by atoms with Crippen molar-refractivity contribution in [3.05, 3.63) is 41.2 Å². The molecule has 1 aromatic carbocycles. The Labute approximate surface area is 194 Å². The number of thiazole rings is 1. The van der Waals surface area contributed by atoms with Crippen LogP contribution in [-0.4, -0.2) is 71.4 Å². The number of anilines is 1. The maximum Gasteiger partial charge on any atom is 0.280 e. The van der Waals surface area contributed by atoms with Crippen LogP contribution in [0.3, 0.4) is 0 Å². The van der Waals surface area contributed by atoms with Gasteiger partial charge >= 0.3 is 0 Å². The second-order valence-electron chi connectivity index (χ2n) is 7.30. The van der Waals surface area contributed by atoms with Crippen molar-refractivity contribution in [2.75, 3.05) is 25.0 Å². The third-order valence-electron chi connectivity index (χ3n) is 5.03. The summed E-state index contributed by atoms with van der Waals surface area (Å²) in [6, 6.07) is 5.48. The van der Waals surface area contributed by atoms with Crippen molar-refractivity contribution in [1.29, 1.82) is 0 Å². The molecular weight excluding hydrogens is 475 g/mol. The van der Waals surface area contributed by atoms with E-state index in [1.807, 2.05) is 0 Å². The summed E-state index contributed by atoms with van der Waals surface area (Å²) in [5, 5.41) is 24.7. The third-order valence-corrected chi connectivity index (χ3v) is 7.72. The maximum absolute atomic E-state index is 13.2. The van der Waals surface area contributed by atoms with E-state index in [-0.39, 0.29) is 47.1 Å². The molecule has 2 atom stereocenters. The number of aliphatic hydroxyl groups excluding tert-OH is 2. The van der Waals surface area contributed by atoms with Crippen molar-refractivity contribution in [2.24, 2.45) is 5.16 Å². The lowest BCUT2D eigenvalue weighted by Gasteiger charge is -2.19. The Morgan fingerprint density at radius 1 is 1.36 bits per heavy atom. The fraction of sp³-hybridized carbons (Fsp3) is 0.450. The van der Waals surface area contributed by atoms with Crippen LogP contribution in [0.15, 0.2) is 40.5 Å². The van der Waals surface area contributed by atoms with Gasteiger partial charge in [-0.3, -0.25) is 10.1 Å². The fourth-order valence-corrected chi connectivity index (χ4v) is 5.31. The topological polar surface area (TPSA) is 141 Å². The molecule has 180 valence electrons. The molecule has 1 saturated carbocycles. The Morgan fingerprint density at radius 3 is 2.64 bits per heavy atom. The molecule has 0 radical (unpaired) electrons. The summed E-state index contributed by atoms with van der Waals surface area (Å²) in [6.07, 6.45) is 1.63. The molecule has 1 amide bonds. The molecule has 13 heteroatoms. The molecule has 1 fully saturated rings. The molecule has 10 nitrogen and oxygen atoms in total. The highest BCUT2D eigenvalue weighted by Gasteiger charge is 2.26. The zero-order valence-corrected chi connectivity index (χ0v) is 19.5. The Bertz CT molecular complexity index is 1090. The van der Waals surface area contributed by atoms with Crippen LogP contribution in [0.4, 0.5) is 9.52 Å². The van der Waals surface area contributed by atoms with Crippen LogP contribution in [0.2, 0.25) is 0 Å². The van der Waals surface area contributed by atoms with E-state index in [9.17, 15) is 22.7 Å². The van der Waals surface area contributed by atoms with Crippen LogP contribution >= 0.6 is 11.3 Å². The number of hydrogen-bond acceptors (Lipinski definition) is 9. The minimum Gasteiger partial charge on any atom is -0.395 e. The summed E-state index contributed by atoms with van der Waals surface area (Å²) in [4.78, 5) is 22.0. The number of nitrogens with one attached hydrogen (secondary N) is 1. The number of amides is 1. The minimum absolute atomic E-state index is 0.0110. The molecule has 3 rings (SSSR count). The van der Waals surface area contributed by atoms with Crippen LogP contribution in [0.25, 0.3) is 0 Å². The lowest BCUT2D eigenvalue weighted by Crippen LogP contribution is -2.33. The first-order valence-corrected chi connectivity index (χ1v) is 12.6. The number of aliphatic hydroxyl groups is 2. The van der Waals surface area contributed by atoms with Crippen LogP contribution in [-0.2, 0) is 19.7 Å². The van der Waals surface area contributed by atoms with E-state index in [1.54, 1.807) is 6.92 Å². The van der Waals surface area contributed by atoms with E-state index >= 15 is 0 Å². The summed E-state index contributed by atoms with van der Waals surface area (Å²) in [7, 11) is -3.83. The first-order chi connectivity index (χ1) is 15.7. The van der Waals surface area contributed by atoms with Gasteiger partial charge in [0.1, 0.15) is 6.10 Å². The van der Waals surface area contributed by atoms with Crippen molar-refractivity contribution in [3.8, 4) is 0 Å². The second kappa shape index (κ2) is 11.1. The molecule has 0 spiro atoms. The number of oxime groups is 1. The standard InChI is InChI=1S/C20H25FN4O6S2/c1-2-25(9-10-26)33(29,30)16-7-3-13(4-8-16)18(24-31-15-6-5-14(27)11-15)19(28)23-20-22-12-17(21)32-20/h3-4,7-8,12,14-15,26-27H,2,5-6,9-11H2,1H3,(H,22,23,28)/b24-18+/t14-,15-/m1/s1. The van der Waals surface area contributed by atoms with E-state index in [1.165, 1.54) is 24.3 Å². The molecule has 1 heterocycles. The van der Waals surface area contributed by atoms with Crippen molar-refractivity contribution >= 4 is 38.1 Å². The van der Waals surface area contributed by atoms with Crippen LogP contribution < -0.4 is 5.32 Å². The van der Waals surface area contributed by atoms with Gasteiger partial charge in [0, 0.05) is 25.1 Å². The number of likely N-dealkylation sites (N-methyl/N-ethyl adjacent to an activating group) is 1. The molecular formula is C20H25FN4O6S2. The monoisotopic (exact) mass is 500 g/mol. The summed E-state index contributed by atoms with van der Waals surface area (Å²) in [6.45, 7) is 1.49. The van der Waals surface area contributed by atoms with Gasteiger partial charge in [-0.1, -0.05) is 35.5 Å². The minimum atomic E-state index is -3.83. The highest BCUT2D eigenvalue weighted by molar-refractivity contribution is 7.89. The lowest BCUT2D eigenvalue weighted by molar-refractivity contribution is -0.110. The molecule has 0 bridgehead atoms. The van der Waals surface area contributed by atoms with Crippen molar-refractivity contribution in [3.63, 3.8) is 0 Å². The number of halogens is 1. The molecule has 1 aliphatic rings. The number of hydrogen-bond donors (Lipinski definition) is 3. The van der Waals surface area contributed by atoms with Gasteiger partial charge < -0.3 is 15.1 Å². The molecule has 1 aliphatic carbocycles. The largest absolute Gasteiger partial charge is 0.395 e.